The molecule has 2 heterocycles. The summed E-state index contributed by atoms with van der Waals surface area (Å²) in [5.41, 5.74) is 0. The van der Waals surface area contributed by atoms with Gasteiger partial charge in [0.1, 0.15) is 16.7 Å². The van der Waals surface area contributed by atoms with Gasteiger partial charge in [-0.25, -0.2) is 15.0 Å². The molecule has 0 radical (unpaired) electrons. The van der Waals surface area contributed by atoms with Crippen LogP contribution >= 0.6 is 11.8 Å². The number of hydrogen-bond donors (Lipinski definition) is 2. The van der Waals surface area contributed by atoms with E-state index in [1.165, 1.54) is 6.07 Å². The van der Waals surface area contributed by atoms with Crippen molar-refractivity contribution in [3.63, 3.8) is 0 Å². The number of anilines is 1. The predicted octanol–water partition coefficient (Wildman–Crippen LogP) is 2.50. The standard InChI is InChI=1S/C10H11F3N6S/c1-3-14-6-4-7(17-8(16-6)10(11,12)13)20-9-15-5(2)18-19-9/h4H,3H2,1-2H3,(H,14,16,17)(H,15,18,19). The Morgan fingerprint density at radius 3 is 2.60 bits per heavy atom. The maximum Gasteiger partial charge on any atom is 0.451 e. The molecule has 10 heteroatoms. The van der Waals surface area contributed by atoms with E-state index in [1.807, 2.05) is 0 Å². The van der Waals surface area contributed by atoms with Crippen LogP contribution in [0.2, 0.25) is 0 Å². The normalized spacial score (nSPS) is 11.7. The number of aromatic amines is 1. The number of aromatic nitrogens is 5. The van der Waals surface area contributed by atoms with E-state index in [0.29, 0.717) is 17.5 Å². The third kappa shape index (κ3) is 3.59. The summed E-state index contributed by atoms with van der Waals surface area (Å²) in [5, 5.41) is 9.62. The lowest BCUT2D eigenvalue weighted by atomic mass is 10.5. The van der Waals surface area contributed by atoms with Gasteiger partial charge < -0.3 is 5.32 Å². The molecule has 0 bridgehead atoms. The summed E-state index contributed by atoms with van der Waals surface area (Å²) in [6.45, 7) is 3.92. The smallest absolute Gasteiger partial charge is 0.370 e. The highest BCUT2D eigenvalue weighted by atomic mass is 32.2. The molecule has 0 saturated heterocycles. The first-order valence-corrected chi connectivity index (χ1v) is 6.47. The quantitative estimate of drug-likeness (QED) is 0.845. The highest BCUT2D eigenvalue weighted by Gasteiger charge is 2.35. The van der Waals surface area contributed by atoms with Crippen LogP contribution in [0.5, 0.6) is 0 Å². The minimum absolute atomic E-state index is 0.115. The van der Waals surface area contributed by atoms with Gasteiger partial charge in [0.05, 0.1) is 0 Å². The van der Waals surface area contributed by atoms with Crippen molar-refractivity contribution in [1.29, 1.82) is 0 Å². The van der Waals surface area contributed by atoms with Gasteiger partial charge in [-0.15, -0.1) is 5.10 Å². The van der Waals surface area contributed by atoms with Crippen molar-refractivity contribution < 1.29 is 13.2 Å². The molecule has 20 heavy (non-hydrogen) atoms. The van der Waals surface area contributed by atoms with Gasteiger partial charge in [0, 0.05) is 12.6 Å². The number of H-pyrrole nitrogens is 1. The van der Waals surface area contributed by atoms with E-state index >= 15 is 0 Å². The molecule has 0 spiro atoms. The Hall–Kier alpha value is -1.84. The van der Waals surface area contributed by atoms with Crippen LogP contribution in [0.15, 0.2) is 16.2 Å². The summed E-state index contributed by atoms with van der Waals surface area (Å²) < 4.78 is 38.2. The molecule has 0 aliphatic rings. The zero-order valence-corrected chi connectivity index (χ0v) is 11.4. The molecule has 2 N–H and O–H groups in total. The fraction of sp³-hybridized carbons (Fsp3) is 0.400. The first-order valence-electron chi connectivity index (χ1n) is 5.65. The Morgan fingerprint density at radius 1 is 1.30 bits per heavy atom. The molecule has 2 rings (SSSR count). The Morgan fingerprint density at radius 2 is 2.05 bits per heavy atom. The van der Waals surface area contributed by atoms with Crippen molar-refractivity contribution in [2.75, 3.05) is 11.9 Å². The van der Waals surface area contributed by atoms with E-state index in [0.717, 1.165) is 11.8 Å². The molecule has 0 amide bonds. The van der Waals surface area contributed by atoms with Crippen molar-refractivity contribution >= 4 is 17.6 Å². The first kappa shape index (κ1) is 14.6. The zero-order chi connectivity index (χ0) is 14.8. The van der Waals surface area contributed by atoms with E-state index in [2.05, 4.69) is 30.5 Å². The number of rotatable bonds is 4. The predicted molar refractivity (Wildman–Crippen MR) is 66.4 cm³/mol. The highest BCUT2D eigenvalue weighted by molar-refractivity contribution is 7.99. The van der Waals surface area contributed by atoms with Crippen LogP contribution in [0.4, 0.5) is 19.0 Å². The average molecular weight is 304 g/mol. The molecule has 2 aromatic heterocycles. The van der Waals surface area contributed by atoms with Gasteiger partial charge in [0.25, 0.3) is 0 Å². The van der Waals surface area contributed by atoms with Crippen molar-refractivity contribution in [1.82, 2.24) is 25.1 Å². The molecule has 0 aromatic carbocycles. The summed E-state index contributed by atoms with van der Waals surface area (Å²) in [7, 11) is 0. The second kappa shape index (κ2) is 5.65. The van der Waals surface area contributed by atoms with Gasteiger partial charge in [-0.05, 0) is 25.6 Å². The van der Waals surface area contributed by atoms with Gasteiger partial charge >= 0.3 is 6.18 Å². The van der Waals surface area contributed by atoms with Gasteiger partial charge in [-0.1, -0.05) is 0 Å². The fourth-order valence-corrected chi connectivity index (χ4v) is 2.10. The number of hydrogen-bond acceptors (Lipinski definition) is 6. The molecular formula is C10H11F3N6S. The van der Waals surface area contributed by atoms with E-state index in [-0.39, 0.29) is 10.8 Å². The minimum Gasteiger partial charge on any atom is -0.370 e. The molecule has 0 atom stereocenters. The average Bonchev–Trinajstić information content (AvgIpc) is 2.74. The topological polar surface area (TPSA) is 79.4 Å². The molecule has 2 aromatic rings. The Kier molecular flexibility index (Phi) is 4.12. The van der Waals surface area contributed by atoms with E-state index in [9.17, 15) is 13.2 Å². The lowest BCUT2D eigenvalue weighted by Crippen LogP contribution is -2.13. The number of nitrogens with zero attached hydrogens (tertiary/aromatic N) is 4. The molecule has 6 nitrogen and oxygen atoms in total. The first-order chi connectivity index (χ1) is 9.38. The summed E-state index contributed by atoms with van der Waals surface area (Å²) in [5.74, 6) is -0.500. The van der Waals surface area contributed by atoms with Crippen LogP contribution in [0, 0.1) is 6.92 Å². The fourth-order valence-electron chi connectivity index (χ4n) is 1.34. The van der Waals surface area contributed by atoms with E-state index in [4.69, 9.17) is 0 Å². The van der Waals surface area contributed by atoms with Gasteiger partial charge in [-0.2, -0.15) is 13.2 Å². The van der Waals surface area contributed by atoms with Gasteiger partial charge in [0.2, 0.25) is 11.0 Å². The van der Waals surface area contributed by atoms with Crippen LogP contribution < -0.4 is 5.32 Å². The van der Waals surface area contributed by atoms with Gasteiger partial charge in [0.15, 0.2) is 0 Å². The van der Waals surface area contributed by atoms with Crippen LogP contribution in [0.3, 0.4) is 0 Å². The Bertz CT molecular complexity index is 597. The Labute approximate surface area is 116 Å². The van der Waals surface area contributed by atoms with Crippen LogP contribution in [-0.4, -0.2) is 31.7 Å². The monoisotopic (exact) mass is 304 g/mol. The summed E-state index contributed by atoms with van der Waals surface area (Å²) >= 11 is 0.934. The minimum atomic E-state index is -4.60. The number of alkyl halides is 3. The summed E-state index contributed by atoms with van der Waals surface area (Å²) in [6.07, 6.45) is -4.60. The SMILES string of the molecule is CCNc1cc(Sc2n[nH]c(C)n2)nc(C(F)(F)F)n1. The third-order valence-electron chi connectivity index (χ3n) is 2.09. The molecule has 0 fully saturated rings. The van der Waals surface area contributed by atoms with Crippen LogP contribution in [0.1, 0.15) is 18.6 Å². The molecule has 108 valence electrons. The maximum atomic E-state index is 12.7. The molecule has 0 aliphatic heterocycles. The molecule has 0 aliphatic carbocycles. The van der Waals surface area contributed by atoms with Crippen molar-refractivity contribution in [3.8, 4) is 0 Å². The number of aryl methyl sites for hydroxylation is 1. The number of nitrogens with one attached hydrogen (secondary N) is 2. The number of halogens is 3. The second-order valence-electron chi connectivity index (χ2n) is 3.75. The van der Waals surface area contributed by atoms with Crippen molar-refractivity contribution in [2.45, 2.75) is 30.2 Å². The largest absolute Gasteiger partial charge is 0.451 e. The molecule has 0 unspecified atom stereocenters. The Balaban J connectivity index is 2.33. The van der Waals surface area contributed by atoms with E-state index < -0.39 is 12.0 Å². The maximum absolute atomic E-state index is 12.7. The lowest BCUT2D eigenvalue weighted by molar-refractivity contribution is -0.145. The van der Waals surface area contributed by atoms with Crippen LogP contribution in [-0.2, 0) is 6.18 Å². The van der Waals surface area contributed by atoms with Crippen molar-refractivity contribution in [2.24, 2.45) is 0 Å². The van der Waals surface area contributed by atoms with E-state index in [1.54, 1.807) is 13.8 Å². The van der Waals surface area contributed by atoms with Gasteiger partial charge in [-0.3, -0.25) is 5.10 Å². The summed E-state index contributed by atoms with van der Waals surface area (Å²) in [6, 6.07) is 1.43. The van der Waals surface area contributed by atoms with Crippen molar-refractivity contribution in [3.05, 3.63) is 17.7 Å². The van der Waals surface area contributed by atoms with Crippen LogP contribution in [0.25, 0.3) is 0 Å². The third-order valence-corrected chi connectivity index (χ3v) is 2.87. The lowest BCUT2D eigenvalue weighted by Gasteiger charge is -2.09. The second-order valence-corrected chi connectivity index (χ2v) is 4.74. The highest BCUT2D eigenvalue weighted by Crippen LogP contribution is 2.31. The zero-order valence-electron chi connectivity index (χ0n) is 10.6. The molecular weight excluding hydrogens is 293 g/mol. The summed E-state index contributed by atoms with van der Waals surface area (Å²) in [4.78, 5) is 10.9. The molecule has 0 saturated carbocycles.